The third-order valence-electron chi connectivity index (χ3n) is 3.79. The van der Waals surface area contributed by atoms with Gasteiger partial charge in [0.15, 0.2) is 5.96 Å². The quantitative estimate of drug-likeness (QED) is 0.574. The number of hydrogen-bond donors (Lipinski definition) is 2. The number of nitrogens with zero attached hydrogens (tertiary/aromatic N) is 4. The highest BCUT2D eigenvalue weighted by atomic mass is 15.3. The fraction of sp³-hybridized carbons (Fsp3) is 0.500. The molecule has 2 rings (SSSR count). The lowest BCUT2D eigenvalue weighted by Gasteiger charge is -2.12. The predicted molar refractivity (Wildman–Crippen MR) is 98.3 cm³/mol. The zero-order valence-electron chi connectivity index (χ0n) is 14.9. The summed E-state index contributed by atoms with van der Waals surface area (Å²) in [5.74, 6) is 1.87. The van der Waals surface area contributed by atoms with Gasteiger partial charge in [0.05, 0.1) is 0 Å². The van der Waals surface area contributed by atoms with E-state index >= 15 is 0 Å². The van der Waals surface area contributed by atoms with E-state index in [9.17, 15) is 0 Å². The summed E-state index contributed by atoms with van der Waals surface area (Å²) in [5.41, 5.74) is 2.61. The van der Waals surface area contributed by atoms with Gasteiger partial charge in [0.1, 0.15) is 12.2 Å². The molecule has 1 heterocycles. The first-order valence-electron chi connectivity index (χ1n) is 8.67. The predicted octanol–water partition coefficient (Wildman–Crippen LogP) is 1.95. The number of benzene rings is 1. The Labute approximate surface area is 144 Å². The number of aliphatic imine (C=N–C) groups is 1. The van der Waals surface area contributed by atoms with Crippen LogP contribution < -0.4 is 10.6 Å². The van der Waals surface area contributed by atoms with Crippen LogP contribution in [0.2, 0.25) is 0 Å². The zero-order valence-corrected chi connectivity index (χ0v) is 14.9. The van der Waals surface area contributed by atoms with Crippen LogP contribution in [0.3, 0.4) is 0 Å². The molecule has 130 valence electrons. The minimum absolute atomic E-state index is 0.769. The maximum absolute atomic E-state index is 4.65. The molecular weight excluding hydrogens is 300 g/mol. The summed E-state index contributed by atoms with van der Waals surface area (Å²) >= 11 is 0. The van der Waals surface area contributed by atoms with Crippen LogP contribution >= 0.6 is 0 Å². The average Bonchev–Trinajstić information content (AvgIpc) is 3.04. The van der Waals surface area contributed by atoms with Crippen molar-refractivity contribution in [1.29, 1.82) is 0 Å². The second-order valence-electron chi connectivity index (χ2n) is 5.72. The lowest BCUT2D eigenvalue weighted by Crippen LogP contribution is -2.39. The van der Waals surface area contributed by atoms with E-state index < -0.39 is 0 Å². The Balaban J connectivity index is 1.80. The van der Waals surface area contributed by atoms with E-state index in [4.69, 9.17) is 0 Å². The molecule has 0 aliphatic carbocycles. The Bertz CT molecular complexity index is 629. The van der Waals surface area contributed by atoms with E-state index in [0.29, 0.717) is 0 Å². The number of aromatic nitrogens is 3. The number of guanidine groups is 1. The van der Waals surface area contributed by atoms with Gasteiger partial charge in [-0.1, -0.05) is 36.8 Å². The number of nitrogens with one attached hydrogen (secondary N) is 2. The molecule has 0 saturated carbocycles. The molecule has 0 aliphatic heterocycles. The van der Waals surface area contributed by atoms with Crippen LogP contribution in [0.4, 0.5) is 0 Å². The summed E-state index contributed by atoms with van der Waals surface area (Å²) in [7, 11) is 0. The summed E-state index contributed by atoms with van der Waals surface area (Å²) in [6, 6.07) is 8.63. The number of hydrogen-bond acceptors (Lipinski definition) is 3. The van der Waals surface area contributed by atoms with Gasteiger partial charge in [-0.25, -0.2) is 0 Å². The van der Waals surface area contributed by atoms with Crippen LogP contribution in [0, 0.1) is 6.92 Å². The van der Waals surface area contributed by atoms with Gasteiger partial charge in [0.2, 0.25) is 0 Å². The van der Waals surface area contributed by atoms with E-state index in [1.54, 1.807) is 6.33 Å². The molecule has 6 heteroatoms. The van der Waals surface area contributed by atoms with Crippen molar-refractivity contribution in [2.45, 2.75) is 40.2 Å². The summed E-state index contributed by atoms with van der Waals surface area (Å²) in [6.45, 7) is 9.51. The van der Waals surface area contributed by atoms with Gasteiger partial charge in [-0.15, -0.1) is 10.2 Å². The Kier molecular flexibility index (Phi) is 7.26. The normalized spacial score (nSPS) is 11.5. The third-order valence-corrected chi connectivity index (χ3v) is 3.79. The molecule has 2 N–H and O–H groups in total. The van der Waals surface area contributed by atoms with Crippen molar-refractivity contribution in [2.75, 3.05) is 19.6 Å². The second kappa shape index (κ2) is 9.70. The molecule has 0 radical (unpaired) electrons. The number of rotatable bonds is 8. The first kappa shape index (κ1) is 18.0. The topological polar surface area (TPSA) is 67.1 Å². The first-order chi connectivity index (χ1) is 11.7. The molecule has 24 heavy (non-hydrogen) atoms. The lowest BCUT2D eigenvalue weighted by atomic mass is 10.1. The minimum atomic E-state index is 0.769. The average molecular weight is 328 g/mol. The van der Waals surface area contributed by atoms with Gasteiger partial charge in [-0.2, -0.15) is 0 Å². The van der Waals surface area contributed by atoms with Crippen LogP contribution in [0.5, 0.6) is 0 Å². The smallest absolute Gasteiger partial charge is 0.191 e. The standard InChI is InChI=1S/C18H28N6/c1-4-17-23-22-14-24(17)13-12-21-18(19-5-2)20-11-10-16-8-6-15(3)7-9-16/h6-9,14H,4-5,10-13H2,1-3H3,(H2,19,20,21). The fourth-order valence-electron chi connectivity index (χ4n) is 2.43. The molecule has 0 amide bonds. The maximum Gasteiger partial charge on any atom is 0.191 e. The monoisotopic (exact) mass is 328 g/mol. The molecule has 2 aromatic rings. The van der Waals surface area contributed by atoms with Crippen LogP contribution in [-0.4, -0.2) is 40.4 Å². The van der Waals surface area contributed by atoms with E-state index in [1.165, 1.54) is 11.1 Å². The van der Waals surface area contributed by atoms with Crippen molar-refractivity contribution < 1.29 is 0 Å². The molecular formula is C18H28N6. The summed E-state index contributed by atoms with van der Waals surface area (Å²) in [6.07, 6.45) is 3.62. The van der Waals surface area contributed by atoms with Gasteiger partial charge in [0.25, 0.3) is 0 Å². The van der Waals surface area contributed by atoms with Crippen molar-refractivity contribution >= 4 is 5.96 Å². The summed E-state index contributed by atoms with van der Waals surface area (Å²) in [5, 5.41) is 14.7. The Morgan fingerprint density at radius 2 is 1.96 bits per heavy atom. The fourth-order valence-corrected chi connectivity index (χ4v) is 2.43. The van der Waals surface area contributed by atoms with Crippen LogP contribution in [0.15, 0.2) is 35.6 Å². The largest absolute Gasteiger partial charge is 0.357 e. The van der Waals surface area contributed by atoms with Gasteiger partial charge >= 0.3 is 0 Å². The molecule has 1 aromatic carbocycles. The highest BCUT2D eigenvalue weighted by molar-refractivity contribution is 5.79. The van der Waals surface area contributed by atoms with E-state index in [-0.39, 0.29) is 0 Å². The second-order valence-corrected chi connectivity index (χ2v) is 5.72. The third kappa shape index (κ3) is 5.68. The van der Waals surface area contributed by atoms with Gasteiger partial charge < -0.3 is 15.2 Å². The molecule has 0 spiro atoms. The van der Waals surface area contributed by atoms with Crippen LogP contribution in [0.25, 0.3) is 0 Å². The Morgan fingerprint density at radius 1 is 1.17 bits per heavy atom. The SMILES string of the molecule is CCNC(=NCCc1ccc(C)cc1)NCCn1cnnc1CC. The Hall–Kier alpha value is -2.37. The molecule has 0 fully saturated rings. The van der Waals surface area contributed by atoms with Crippen molar-refractivity contribution in [3.63, 3.8) is 0 Å². The lowest BCUT2D eigenvalue weighted by molar-refractivity contribution is 0.632. The van der Waals surface area contributed by atoms with E-state index in [2.05, 4.69) is 75.4 Å². The van der Waals surface area contributed by atoms with Gasteiger partial charge in [-0.3, -0.25) is 4.99 Å². The molecule has 6 nitrogen and oxygen atoms in total. The van der Waals surface area contributed by atoms with E-state index in [1.807, 2.05) is 0 Å². The number of aryl methyl sites for hydroxylation is 2. The summed E-state index contributed by atoms with van der Waals surface area (Å²) in [4.78, 5) is 4.65. The highest BCUT2D eigenvalue weighted by Crippen LogP contribution is 2.03. The Morgan fingerprint density at radius 3 is 2.67 bits per heavy atom. The molecule has 0 aliphatic rings. The molecule has 0 saturated heterocycles. The van der Waals surface area contributed by atoms with E-state index in [0.717, 1.165) is 50.8 Å². The summed E-state index contributed by atoms with van der Waals surface area (Å²) < 4.78 is 2.07. The molecule has 0 bridgehead atoms. The minimum Gasteiger partial charge on any atom is -0.357 e. The van der Waals surface area contributed by atoms with Gasteiger partial charge in [0, 0.05) is 32.6 Å². The highest BCUT2D eigenvalue weighted by Gasteiger charge is 2.02. The molecule has 0 unspecified atom stereocenters. The van der Waals surface area contributed by atoms with Crippen LogP contribution in [-0.2, 0) is 19.4 Å². The van der Waals surface area contributed by atoms with Crippen LogP contribution in [0.1, 0.15) is 30.8 Å². The van der Waals surface area contributed by atoms with Crippen molar-refractivity contribution in [2.24, 2.45) is 4.99 Å². The zero-order chi connectivity index (χ0) is 17.2. The maximum atomic E-state index is 4.65. The van der Waals surface area contributed by atoms with Crippen molar-refractivity contribution in [3.05, 3.63) is 47.5 Å². The first-order valence-corrected chi connectivity index (χ1v) is 8.67. The van der Waals surface area contributed by atoms with Crippen molar-refractivity contribution in [1.82, 2.24) is 25.4 Å². The van der Waals surface area contributed by atoms with Crippen molar-refractivity contribution in [3.8, 4) is 0 Å². The molecule has 1 aromatic heterocycles. The molecule has 0 atom stereocenters. The van der Waals surface area contributed by atoms with Gasteiger partial charge in [-0.05, 0) is 25.8 Å².